The highest BCUT2D eigenvalue weighted by Gasteiger charge is 2.16. The maximum absolute atomic E-state index is 9.99. The molecule has 0 saturated carbocycles. The number of para-hydroxylation sites is 2. The maximum atomic E-state index is 9.99. The van der Waals surface area contributed by atoms with Gasteiger partial charge >= 0.3 is 0 Å². The number of allylic oxidation sites excluding steroid dienone is 15. The zero-order valence-electron chi connectivity index (χ0n) is 32.8. The lowest BCUT2D eigenvalue weighted by molar-refractivity contribution is 0.670. The molecular formula is C54H45N3O. The third-order valence-electron chi connectivity index (χ3n) is 10.8. The summed E-state index contributed by atoms with van der Waals surface area (Å²) < 4.78 is 6.34. The van der Waals surface area contributed by atoms with Gasteiger partial charge in [0.05, 0.1) is 23.9 Å². The van der Waals surface area contributed by atoms with Crippen molar-refractivity contribution in [2.24, 2.45) is 22.6 Å². The quantitative estimate of drug-likeness (QED) is 0.142. The van der Waals surface area contributed by atoms with Crippen LogP contribution in [-0.2, 0) is 13.0 Å². The van der Waals surface area contributed by atoms with Gasteiger partial charge in [-0.05, 0) is 82.5 Å². The minimum atomic E-state index is 0.137. The summed E-state index contributed by atoms with van der Waals surface area (Å²) in [5, 5.41) is 12.2. The minimum absolute atomic E-state index is 0.137. The Bertz CT molecular complexity index is 2810. The summed E-state index contributed by atoms with van der Waals surface area (Å²) in [5.41, 5.74) is 20.4. The van der Waals surface area contributed by atoms with E-state index in [2.05, 4.69) is 123 Å². The molecule has 1 aromatic heterocycles. The molecule has 0 fully saturated rings. The number of hydrogen-bond donors (Lipinski definition) is 1. The summed E-state index contributed by atoms with van der Waals surface area (Å²) in [7, 11) is 0. The molecule has 0 aliphatic heterocycles. The molecule has 0 bridgehead atoms. The van der Waals surface area contributed by atoms with Crippen LogP contribution in [0.25, 0.3) is 38.8 Å². The van der Waals surface area contributed by atoms with Crippen molar-refractivity contribution < 1.29 is 4.42 Å². The Balaban J connectivity index is 0.974. The second-order valence-electron chi connectivity index (χ2n) is 15.0. The van der Waals surface area contributed by atoms with Gasteiger partial charge in [-0.15, -0.1) is 0 Å². The van der Waals surface area contributed by atoms with Crippen LogP contribution >= 0.6 is 0 Å². The van der Waals surface area contributed by atoms with E-state index in [1.165, 1.54) is 16.7 Å². The first-order valence-corrected chi connectivity index (χ1v) is 19.8. The number of aliphatic imine (C=N–C) groups is 1. The van der Waals surface area contributed by atoms with Crippen LogP contribution in [0.4, 0.5) is 0 Å². The molecule has 58 heavy (non-hydrogen) atoms. The lowest BCUT2D eigenvalue weighted by Crippen LogP contribution is -2.05. The predicted molar refractivity (Wildman–Crippen MR) is 242 cm³/mol. The smallest absolute Gasteiger partial charge is 0.143 e. The van der Waals surface area contributed by atoms with Crippen molar-refractivity contribution >= 4 is 33.3 Å². The molecule has 1 heterocycles. The average molecular weight is 752 g/mol. The van der Waals surface area contributed by atoms with Crippen molar-refractivity contribution in [3.63, 3.8) is 0 Å². The van der Waals surface area contributed by atoms with E-state index in [0.29, 0.717) is 17.8 Å². The van der Waals surface area contributed by atoms with Crippen LogP contribution in [-0.4, -0.2) is 5.71 Å². The molecule has 4 nitrogen and oxygen atoms in total. The summed E-state index contributed by atoms with van der Waals surface area (Å²) in [6.07, 6.45) is 24.8. The first-order chi connectivity index (χ1) is 28.4. The van der Waals surface area contributed by atoms with Gasteiger partial charge in [0.25, 0.3) is 0 Å². The zero-order chi connectivity index (χ0) is 39.8. The average Bonchev–Trinajstić information content (AvgIpc) is 3.46. The molecule has 5 aromatic carbocycles. The SMILES string of the molecule is C/C(=C\C=C1\C=CC(Cc2cc(C#N)cc(-c3cccc4c3oc3ccccc34)c2)=CC1C)C1C=CC=C(C(/C=C(\N)c2ccccc2)=NCc2ccccc2)C=C1. The fraction of sp³-hybridized carbons (Fsp3) is 0.111. The van der Waals surface area contributed by atoms with Gasteiger partial charge in [0.15, 0.2) is 0 Å². The van der Waals surface area contributed by atoms with Crippen LogP contribution in [0.15, 0.2) is 220 Å². The van der Waals surface area contributed by atoms with Crippen molar-refractivity contribution in [3.8, 4) is 17.2 Å². The number of hydrogen-bond acceptors (Lipinski definition) is 4. The van der Waals surface area contributed by atoms with Gasteiger partial charge in [-0.3, -0.25) is 4.99 Å². The van der Waals surface area contributed by atoms with E-state index in [0.717, 1.165) is 67.5 Å². The molecular weight excluding hydrogens is 707 g/mol. The van der Waals surface area contributed by atoms with Gasteiger partial charge in [0.1, 0.15) is 11.2 Å². The normalized spacial score (nSPS) is 18.0. The van der Waals surface area contributed by atoms with Crippen LogP contribution in [0.5, 0.6) is 0 Å². The number of benzene rings is 5. The second-order valence-corrected chi connectivity index (χ2v) is 15.0. The highest BCUT2D eigenvalue weighted by molar-refractivity contribution is 6.13. The van der Waals surface area contributed by atoms with Gasteiger partial charge in [0.2, 0.25) is 0 Å². The van der Waals surface area contributed by atoms with Gasteiger partial charge in [-0.25, -0.2) is 0 Å². The van der Waals surface area contributed by atoms with Crippen LogP contribution in [0.1, 0.15) is 36.1 Å². The molecule has 2 N–H and O–H groups in total. The molecule has 0 saturated heterocycles. The highest BCUT2D eigenvalue weighted by atomic mass is 16.3. The van der Waals surface area contributed by atoms with E-state index in [1.807, 2.05) is 84.9 Å². The molecule has 2 unspecified atom stereocenters. The van der Waals surface area contributed by atoms with Crippen molar-refractivity contribution in [3.05, 3.63) is 233 Å². The van der Waals surface area contributed by atoms with E-state index in [9.17, 15) is 5.26 Å². The standard InChI is InChI=1S/C54H45N3O/c1-37(43-17-11-18-46(28-27-43)52(57-36-39-13-5-3-6-14-39)34-51(56)45-15-7-4-8-16-45)23-25-44-26-24-40(29-38(44)2)30-41-31-42(35-55)33-47(32-41)48-20-12-21-50-49-19-9-10-22-53(49)58-54(48)50/h3-29,31-34,38,43H,30,36,56H2,1-2H3/b37-23+,44-25-,51-34-,57-52?. The molecule has 0 amide bonds. The molecule has 0 radical (unpaired) electrons. The van der Waals surface area contributed by atoms with Crippen molar-refractivity contribution in [2.45, 2.75) is 26.8 Å². The number of nitrogens with two attached hydrogens (primary N) is 1. The summed E-state index contributed by atoms with van der Waals surface area (Å²) in [4.78, 5) is 5.03. The number of fused-ring (bicyclic) bond motifs is 3. The number of nitrogens with zero attached hydrogens (tertiary/aromatic N) is 2. The Hall–Kier alpha value is -7.22. The third kappa shape index (κ3) is 8.60. The lowest BCUT2D eigenvalue weighted by atomic mass is 9.88. The van der Waals surface area contributed by atoms with Crippen LogP contribution in [0, 0.1) is 23.2 Å². The third-order valence-corrected chi connectivity index (χ3v) is 10.8. The van der Waals surface area contributed by atoms with Crippen molar-refractivity contribution in [2.75, 3.05) is 0 Å². The van der Waals surface area contributed by atoms with E-state index in [-0.39, 0.29) is 11.8 Å². The predicted octanol–water partition coefficient (Wildman–Crippen LogP) is 13.0. The number of nitriles is 1. The van der Waals surface area contributed by atoms with Crippen LogP contribution < -0.4 is 5.73 Å². The van der Waals surface area contributed by atoms with E-state index < -0.39 is 0 Å². The molecule has 282 valence electrons. The summed E-state index contributed by atoms with van der Waals surface area (Å²) in [5.74, 6) is 0.378. The number of rotatable bonds is 10. The first-order valence-electron chi connectivity index (χ1n) is 19.8. The molecule has 4 heteroatoms. The molecule has 8 rings (SSSR count). The van der Waals surface area contributed by atoms with E-state index >= 15 is 0 Å². The van der Waals surface area contributed by atoms with Gasteiger partial charge in [0, 0.05) is 28.0 Å². The molecule has 2 aliphatic rings. The molecule has 2 aliphatic carbocycles. The van der Waals surface area contributed by atoms with Crippen molar-refractivity contribution in [1.82, 2.24) is 0 Å². The lowest BCUT2D eigenvalue weighted by Gasteiger charge is -2.17. The van der Waals surface area contributed by atoms with E-state index in [1.54, 1.807) is 0 Å². The largest absolute Gasteiger partial charge is 0.455 e. The molecule has 6 aromatic rings. The molecule has 2 atom stereocenters. The summed E-state index contributed by atoms with van der Waals surface area (Å²) >= 11 is 0. The monoisotopic (exact) mass is 751 g/mol. The first kappa shape index (κ1) is 37.7. The Labute approximate surface area is 341 Å². The Morgan fingerprint density at radius 3 is 2.41 bits per heavy atom. The second kappa shape index (κ2) is 17.3. The van der Waals surface area contributed by atoms with Gasteiger partial charge in [-0.1, -0.05) is 176 Å². The maximum Gasteiger partial charge on any atom is 0.143 e. The van der Waals surface area contributed by atoms with Crippen LogP contribution in [0.2, 0.25) is 0 Å². The zero-order valence-corrected chi connectivity index (χ0v) is 32.8. The fourth-order valence-electron chi connectivity index (χ4n) is 7.64. The van der Waals surface area contributed by atoms with Gasteiger partial charge < -0.3 is 10.2 Å². The fourth-order valence-corrected chi connectivity index (χ4v) is 7.64. The Morgan fingerprint density at radius 1 is 0.828 bits per heavy atom. The highest BCUT2D eigenvalue weighted by Crippen LogP contribution is 2.37. The number of furan rings is 1. The Morgan fingerprint density at radius 2 is 1.60 bits per heavy atom. The Kier molecular flexibility index (Phi) is 11.2. The van der Waals surface area contributed by atoms with Crippen molar-refractivity contribution in [1.29, 1.82) is 5.26 Å². The summed E-state index contributed by atoms with van der Waals surface area (Å²) in [6, 6.07) is 43.2. The minimum Gasteiger partial charge on any atom is -0.455 e. The molecule has 0 spiro atoms. The van der Waals surface area contributed by atoms with Crippen LogP contribution in [0.3, 0.4) is 0 Å². The van der Waals surface area contributed by atoms with E-state index in [4.69, 9.17) is 15.1 Å². The summed E-state index contributed by atoms with van der Waals surface area (Å²) in [6.45, 7) is 4.99. The topological polar surface area (TPSA) is 75.3 Å². The van der Waals surface area contributed by atoms with Gasteiger partial charge in [-0.2, -0.15) is 5.26 Å².